The van der Waals surface area contributed by atoms with E-state index >= 15 is 0 Å². The van der Waals surface area contributed by atoms with Gasteiger partial charge in [-0.25, -0.2) is 0 Å². The third-order valence-corrected chi connectivity index (χ3v) is 4.21. The van der Waals surface area contributed by atoms with Crippen LogP contribution in [-0.2, 0) is 4.79 Å². The molecule has 22 heavy (non-hydrogen) atoms. The van der Waals surface area contributed by atoms with Gasteiger partial charge in [-0.15, -0.1) is 0 Å². The second-order valence-electron chi connectivity index (χ2n) is 5.81. The molecular formula is C17H25N3O2. The van der Waals surface area contributed by atoms with Crippen LogP contribution in [0.3, 0.4) is 0 Å². The number of hydrogen-bond acceptors (Lipinski definition) is 3. The number of nitrogens with zero attached hydrogens (tertiary/aromatic N) is 3. The molecule has 5 nitrogen and oxygen atoms in total. The summed E-state index contributed by atoms with van der Waals surface area (Å²) in [4.78, 5) is 29.9. The van der Waals surface area contributed by atoms with E-state index < -0.39 is 0 Å². The van der Waals surface area contributed by atoms with E-state index in [-0.39, 0.29) is 18.4 Å². The first kappa shape index (κ1) is 16.3. The molecular weight excluding hydrogens is 278 g/mol. The Morgan fingerprint density at radius 2 is 1.68 bits per heavy atom. The van der Waals surface area contributed by atoms with Crippen LogP contribution < -0.4 is 4.90 Å². The van der Waals surface area contributed by atoms with Gasteiger partial charge >= 0.3 is 0 Å². The molecule has 1 aliphatic heterocycles. The Bertz CT molecular complexity index is 521. The fourth-order valence-electron chi connectivity index (χ4n) is 2.60. The van der Waals surface area contributed by atoms with Gasteiger partial charge in [-0.3, -0.25) is 9.59 Å². The second-order valence-corrected chi connectivity index (χ2v) is 5.81. The molecule has 0 bridgehead atoms. The Balaban J connectivity index is 1.96. The monoisotopic (exact) mass is 303 g/mol. The summed E-state index contributed by atoms with van der Waals surface area (Å²) < 4.78 is 0. The molecule has 2 amide bonds. The SMILES string of the molecule is CCN(C)c1ccc(C(=O)N(C)CC(=O)N2CCCC2)cc1. The highest BCUT2D eigenvalue weighted by Crippen LogP contribution is 2.15. The van der Waals surface area contributed by atoms with Crippen molar-refractivity contribution in [2.24, 2.45) is 0 Å². The zero-order chi connectivity index (χ0) is 16.1. The van der Waals surface area contributed by atoms with Gasteiger partial charge in [-0.05, 0) is 44.0 Å². The smallest absolute Gasteiger partial charge is 0.254 e. The molecule has 0 saturated carbocycles. The zero-order valence-electron chi connectivity index (χ0n) is 13.7. The number of amides is 2. The van der Waals surface area contributed by atoms with Crippen LogP contribution in [0.2, 0.25) is 0 Å². The first-order valence-corrected chi connectivity index (χ1v) is 7.87. The maximum atomic E-state index is 12.4. The third kappa shape index (κ3) is 3.78. The standard InChI is InChI=1S/C17H25N3O2/c1-4-18(2)15-9-7-14(8-10-15)17(22)19(3)13-16(21)20-11-5-6-12-20/h7-10H,4-6,11-13H2,1-3H3. The molecule has 0 atom stereocenters. The second kappa shape index (κ2) is 7.29. The molecule has 1 saturated heterocycles. The summed E-state index contributed by atoms with van der Waals surface area (Å²) in [7, 11) is 3.69. The Morgan fingerprint density at radius 1 is 1.09 bits per heavy atom. The van der Waals surface area contributed by atoms with Crippen LogP contribution in [0.1, 0.15) is 30.1 Å². The first-order valence-electron chi connectivity index (χ1n) is 7.87. The molecule has 2 rings (SSSR count). The van der Waals surface area contributed by atoms with Crippen LogP contribution in [0.25, 0.3) is 0 Å². The lowest BCUT2D eigenvalue weighted by Gasteiger charge is -2.22. The van der Waals surface area contributed by atoms with Crippen molar-refractivity contribution in [1.29, 1.82) is 0 Å². The van der Waals surface area contributed by atoms with Crippen molar-refractivity contribution in [1.82, 2.24) is 9.80 Å². The summed E-state index contributed by atoms with van der Waals surface area (Å²) in [6.07, 6.45) is 2.13. The lowest BCUT2D eigenvalue weighted by molar-refractivity contribution is -0.130. The van der Waals surface area contributed by atoms with Gasteiger partial charge in [-0.1, -0.05) is 0 Å². The van der Waals surface area contributed by atoms with Crippen LogP contribution in [0, 0.1) is 0 Å². The maximum Gasteiger partial charge on any atom is 0.254 e. The molecule has 1 aromatic rings. The van der Waals surface area contributed by atoms with E-state index in [9.17, 15) is 9.59 Å². The normalized spacial score (nSPS) is 14.0. The fraction of sp³-hybridized carbons (Fsp3) is 0.529. The number of anilines is 1. The van der Waals surface area contributed by atoms with Crippen molar-refractivity contribution < 1.29 is 9.59 Å². The summed E-state index contributed by atoms with van der Waals surface area (Å²) >= 11 is 0. The maximum absolute atomic E-state index is 12.4. The zero-order valence-corrected chi connectivity index (χ0v) is 13.7. The molecule has 1 fully saturated rings. The predicted molar refractivity (Wildman–Crippen MR) is 88.2 cm³/mol. The number of hydrogen-bond donors (Lipinski definition) is 0. The van der Waals surface area contributed by atoms with Gasteiger partial charge in [0.2, 0.25) is 5.91 Å². The minimum Gasteiger partial charge on any atom is -0.375 e. The number of likely N-dealkylation sites (N-methyl/N-ethyl adjacent to an activating group) is 1. The first-order chi connectivity index (χ1) is 10.5. The highest BCUT2D eigenvalue weighted by molar-refractivity contribution is 5.96. The van der Waals surface area contributed by atoms with Crippen LogP contribution in [0.4, 0.5) is 5.69 Å². The summed E-state index contributed by atoms with van der Waals surface area (Å²) in [6.45, 7) is 4.78. The number of carbonyl (C=O) groups excluding carboxylic acids is 2. The molecule has 0 spiro atoms. The van der Waals surface area contributed by atoms with Gasteiger partial charge in [0.1, 0.15) is 0 Å². The summed E-state index contributed by atoms with van der Waals surface area (Å²) in [5, 5.41) is 0. The van der Waals surface area contributed by atoms with Crippen molar-refractivity contribution in [2.75, 3.05) is 45.2 Å². The molecule has 0 aromatic heterocycles. The highest BCUT2D eigenvalue weighted by Gasteiger charge is 2.21. The van der Waals surface area contributed by atoms with Crippen molar-refractivity contribution in [3.05, 3.63) is 29.8 Å². The van der Waals surface area contributed by atoms with Crippen LogP contribution in [-0.4, -0.2) is 61.9 Å². The van der Waals surface area contributed by atoms with Crippen molar-refractivity contribution in [3.63, 3.8) is 0 Å². The van der Waals surface area contributed by atoms with Crippen molar-refractivity contribution in [2.45, 2.75) is 19.8 Å². The number of carbonyl (C=O) groups is 2. The molecule has 5 heteroatoms. The molecule has 0 aliphatic carbocycles. The van der Waals surface area contributed by atoms with E-state index in [4.69, 9.17) is 0 Å². The molecule has 0 radical (unpaired) electrons. The Labute approximate surface area is 132 Å². The van der Waals surface area contributed by atoms with Crippen molar-refractivity contribution in [3.8, 4) is 0 Å². The van der Waals surface area contributed by atoms with Gasteiger partial charge in [0.05, 0.1) is 6.54 Å². The highest BCUT2D eigenvalue weighted by atomic mass is 16.2. The quantitative estimate of drug-likeness (QED) is 0.833. The van der Waals surface area contributed by atoms with Crippen LogP contribution in [0.15, 0.2) is 24.3 Å². The summed E-state index contributed by atoms with van der Waals surface area (Å²) in [5.74, 6) is -0.0751. The van der Waals surface area contributed by atoms with Crippen LogP contribution in [0.5, 0.6) is 0 Å². The van der Waals surface area contributed by atoms with Gasteiger partial charge in [0.25, 0.3) is 5.91 Å². The fourth-order valence-corrected chi connectivity index (χ4v) is 2.60. The third-order valence-electron chi connectivity index (χ3n) is 4.21. The summed E-state index contributed by atoms with van der Waals surface area (Å²) in [5.41, 5.74) is 1.69. The Morgan fingerprint density at radius 3 is 2.23 bits per heavy atom. The topological polar surface area (TPSA) is 43.9 Å². The lowest BCUT2D eigenvalue weighted by Crippen LogP contribution is -2.39. The van der Waals surface area contributed by atoms with Gasteiger partial charge < -0.3 is 14.7 Å². The van der Waals surface area contributed by atoms with E-state index in [1.807, 2.05) is 36.2 Å². The van der Waals surface area contributed by atoms with E-state index in [1.54, 1.807) is 7.05 Å². The average molecular weight is 303 g/mol. The van der Waals surface area contributed by atoms with E-state index in [0.29, 0.717) is 5.56 Å². The Kier molecular flexibility index (Phi) is 5.41. The summed E-state index contributed by atoms with van der Waals surface area (Å²) in [6, 6.07) is 7.51. The minimum atomic E-state index is -0.113. The number of likely N-dealkylation sites (tertiary alicyclic amines) is 1. The Hall–Kier alpha value is -2.04. The molecule has 1 aromatic carbocycles. The molecule has 1 aliphatic rings. The number of rotatable bonds is 5. The average Bonchev–Trinajstić information content (AvgIpc) is 3.08. The lowest BCUT2D eigenvalue weighted by atomic mass is 10.1. The minimum absolute atomic E-state index is 0.0377. The van der Waals surface area contributed by atoms with Crippen LogP contribution >= 0.6 is 0 Å². The predicted octanol–water partition coefficient (Wildman–Crippen LogP) is 1.84. The van der Waals surface area contributed by atoms with Gasteiger partial charge in [0, 0.05) is 45.0 Å². The largest absolute Gasteiger partial charge is 0.375 e. The molecule has 1 heterocycles. The molecule has 120 valence electrons. The van der Waals surface area contributed by atoms with Gasteiger partial charge in [0.15, 0.2) is 0 Å². The van der Waals surface area contributed by atoms with Crippen molar-refractivity contribution >= 4 is 17.5 Å². The van der Waals surface area contributed by atoms with E-state index in [0.717, 1.165) is 38.2 Å². The van der Waals surface area contributed by atoms with E-state index in [2.05, 4.69) is 11.8 Å². The number of benzene rings is 1. The molecule has 0 unspecified atom stereocenters. The van der Waals surface area contributed by atoms with E-state index in [1.165, 1.54) is 4.90 Å². The van der Waals surface area contributed by atoms with Gasteiger partial charge in [-0.2, -0.15) is 0 Å². The molecule has 0 N–H and O–H groups in total.